The first-order valence-electron chi connectivity index (χ1n) is 6.90. The lowest BCUT2D eigenvalue weighted by atomic mass is 9.75. The van der Waals surface area contributed by atoms with Gasteiger partial charge in [-0.15, -0.1) is 0 Å². The van der Waals surface area contributed by atoms with Gasteiger partial charge in [-0.2, -0.15) is 0 Å². The van der Waals surface area contributed by atoms with Gasteiger partial charge in [0.15, 0.2) is 0 Å². The van der Waals surface area contributed by atoms with Crippen molar-refractivity contribution in [2.24, 2.45) is 5.92 Å². The fourth-order valence-electron chi connectivity index (χ4n) is 3.17. The van der Waals surface area contributed by atoms with E-state index in [0.29, 0.717) is 5.92 Å². The van der Waals surface area contributed by atoms with Crippen LogP contribution in [0.1, 0.15) is 54.7 Å². The second-order valence-corrected chi connectivity index (χ2v) is 5.50. The zero-order chi connectivity index (χ0) is 13.1. The molecule has 18 heavy (non-hydrogen) atoms. The smallest absolute Gasteiger partial charge is 0.311 e. The van der Waals surface area contributed by atoms with E-state index in [-0.39, 0.29) is 5.92 Å². The topological polar surface area (TPSA) is 37.3 Å². The van der Waals surface area contributed by atoms with E-state index in [2.05, 4.69) is 13.0 Å². The largest absolute Gasteiger partial charge is 0.481 e. The Bertz CT molecular complexity index is 431. The van der Waals surface area contributed by atoms with E-state index in [0.717, 1.165) is 24.0 Å². The third-order valence-corrected chi connectivity index (χ3v) is 4.37. The Labute approximate surface area is 109 Å². The second kappa shape index (κ2) is 5.55. The van der Waals surface area contributed by atoms with E-state index in [9.17, 15) is 9.90 Å². The van der Waals surface area contributed by atoms with E-state index in [1.54, 1.807) is 0 Å². The molecule has 1 saturated carbocycles. The number of carboxylic acids is 1. The van der Waals surface area contributed by atoms with Crippen LogP contribution in [0.15, 0.2) is 18.2 Å². The first kappa shape index (κ1) is 13.1. The van der Waals surface area contributed by atoms with Crippen molar-refractivity contribution in [3.05, 3.63) is 34.9 Å². The van der Waals surface area contributed by atoms with Gasteiger partial charge in [-0.25, -0.2) is 0 Å². The fourth-order valence-corrected chi connectivity index (χ4v) is 3.17. The number of carbonyl (C=O) groups is 1. The standard InChI is InChI=1S/C16H22O2/c1-11-7-6-10-14(12(11)2)15(16(17)18)13-8-4-3-5-9-13/h6-7,10,13,15H,3-5,8-9H2,1-2H3,(H,17,18). The maximum atomic E-state index is 11.7. The fraction of sp³-hybridized carbons (Fsp3) is 0.562. The van der Waals surface area contributed by atoms with Gasteiger partial charge in [0.05, 0.1) is 5.92 Å². The minimum Gasteiger partial charge on any atom is -0.481 e. The molecule has 0 aliphatic heterocycles. The molecule has 0 heterocycles. The molecule has 1 aliphatic carbocycles. The number of benzene rings is 1. The Kier molecular flexibility index (Phi) is 4.05. The molecule has 1 fully saturated rings. The molecule has 0 amide bonds. The molecule has 1 aliphatic rings. The number of carboxylic acid groups (broad SMARTS) is 1. The SMILES string of the molecule is Cc1cccc(C(C(=O)O)C2CCCCC2)c1C. The average Bonchev–Trinajstić information content (AvgIpc) is 2.36. The van der Waals surface area contributed by atoms with E-state index in [1.807, 2.05) is 19.1 Å². The van der Waals surface area contributed by atoms with Gasteiger partial charge < -0.3 is 5.11 Å². The van der Waals surface area contributed by atoms with Gasteiger partial charge in [0.2, 0.25) is 0 Å². The molecule has 1 aromatic carbocycles. The minimum absolute atomic E-state index is 0.315. The monoisotopic (exact) mass is 246 g/mol. The van der Waals surface area contributed by atoms with Crippen LogP contribution >= 0.6 is 0 Å². The van der Waals surface area contributed by atoms with Gasteiger partial charge in [-0.3, -0.25) is 4.79 Å². The molecule has 0 radical (unpaired) electrons. The second-order valence-electron chi connectivity index (χ2n) is 5.50. The van der Waals surface area contributed by atoms with E-state index in [1.165, 1.54) is 24.8 Å². The summed E-state index contributed by atoms with van der Waals surface area (Å²) < 4.78 is 0. The Hall–Kier alpha value is -1.31. The van der Waals surface area contributed by atoms with Gasteiger partial charge in [0.25, 0.3) is 0 Å². The predicted octanol–water partition coefficient (Wildman–Crippen LogP) is 4.05. The molecule has 2 nitrogen and oxygen atoms in total. The summed E-state index contributed by atoms with van der Waals surface area (Å²) in [6.07, 6.45) is 5.74. The van der Waals surface area contributed by atoms with Crippen LogP contribution in [0.25, 0.3) is 0 Å². The molecule has 98 valence electrons. The highest BCUT2D eigenvalue weighted by atomic mass is 16.4. The third-order valence-electron chi connectivity index (χ3n) is 4.37. The van der Waals surface area contributed by atoms with E-state index in [4.69, 9.17) is 0 Å². The summed E-state index contributed by atoms with van der Waals surface area (Å²) in [6.45, 7) is 4.10. The van der Waals surface area contributed by atoms with Crippen molar-refractivity contribution in [1.82, 2.24) is 0 Å². The Balaban J connectivity index is 2.34. The molecule has 1 unspecified atom stereocenters. The molecule has 0 spiro atoms. The number of aliphatic carboxylic acids is 1. The van der Waals surface area contributed by atoms with E-state index >= 15 is 0 Å². The van der Waals surface area contributed by atoms with Crippen LogP contribution in [-0.2, 0) is 4.79 Å². The van der Waals surface area contributed by atoms with Gasteiger partial charge >= 0.3 is 5.97 Å². The normalized spacial score (nSPS) is 18.6. The van der Waals surface area contributed by atoms with Crippen LogP contribution in [0.5, 0.6) is 0 Å². The van der Waals surface area contributed by atoms with Gasteiger partial charge in [-0.05, 0) is 49.3 Å². The molecule has 2 rings (SSSR count). The number of hydrogen-bond donors (Lipinski definition) is 1. The number of aryl methyl sites for hydroxylation is 1. The molecule has 1 atom stereocenters. The van der Waals surface area contributed by atoms with Crippen molar-refractivity contribution < 1.29 is 9.90 Å². The van der Waals surface area contributed by atoms with Crippen molar-refractivity contribution in [2.45, 2.75) is 51.9 Å². The molecular weight excluding hydrogens is 224 g/mol. The van der Waals surface area contributed by atoms with Gasteiger partial charge in [0, 0.05) is 0 Å². The molecular formula is C16H22O2. The Morgan fingerprint density at radius 2 is 1.89 bits per heavy atom. The minimum atomic E-state index is -0.657. The highest BCUT2D eigenvalue weighted by Crippen LogP contribution is 2.37. The maximum Gasteiger partial charge on any atom is 0.311 e. The van der Waals surface area contributed by atoms with Crippen molar-refractivity contribution in [2.75, 3.05) is 0 Å². The molecule has 0 bridgehead atoms. The highest BCUT2D eigenvalue weighted by molar-refractivity contribution is 5.77. The van der Waals surface area contributed by atoms with Gasteiger partial charge in [-0.1, -0.05) is 37.5 Å². The van der Waals surface area contributed by atoms with Crippen molar-refractivity contribution in [1.29, 1.82) is 0 Å². The highest BCUT2D eigenvalue weighted by Gasteiger charge is 2.31. The zero-order valence-electron chi connectivity index (χ0n) is 11.3. The quantitative estimate of drug-likeness (QED) is 0.873. The summed E-state index contributed by atoms with van der Waals surface area (Å²) in [5.41, 5.74) is 3.36. The molecule has 0 saturated heterocycles. The maximum absolute atomic E-state index is 11.7. The summed E-state index contributed by atoms with van der Waals surface area (Å²) in [4.78, 5) is 11.7. The Morgan fingerprint density at radius 3 is 2.50 bits per heavy atom. The van der Waals surface area contributed by atoms with Crippen molar-refractivity contribution in [3.63, 3.8) is 0 Å². The molecule has 1 aromatic rings. The van der Waals surface area contributed by atoms with Crippen LogP contribution in [0.2, 0.25) is 0 Å². The first-order valence-corrected chi connectivity index (χ1v) is 6.90. The lowest BCUT2D eigenvalue weighted by Crippen LogP contribution is -2.24. The third kappa shape index (κ3) is 2.58. The summed E-state index contributed by atoms with van der Waals surface area (Å²) in [5, 5.41) is 9.59. The predicted molar refractivity (Wildman–Crippen MR) is 72.9 cm³/mol. The van der Waals surface area contributed by atoms with Crippen LogP contribution in [-0.4, -0.2) is 11.1 Å². The van der Waals surface area contributed by atoms with Crippen LogP contribution in [0, 0.1) is 19.8 Å². The van der Waals surface area contributed by atoms with Crippen LogP contribution < -0.4 is 0 Å². The van der Waals surface area contributed by atoms with Gasteiger partial charge in [0.1, 0.15) is 0 Å². The van der Waals surface area contributed by atoms with Crippen molar-refractivity contribution in [3.8, 4) is 0 Å². The number of hydrogen-bond acceptors (Lipinski definition) is 1. The van der Waals surface area contributed by atoms with Crippen LogP contribution in [0.3, 0.4) is 0 Å². The average molecular weight is 246 g/mol. The molecule has 1 N–H and O–H groups in total. The summed E-state index contributed by atoms with van der Waals surface area (Å²) in [6, 6.07) is 6.03. The lowest BCUT2D eigenvalue weighted by Gasteiger charge is -2.29. The van der Waals surface area contributed by atoms with E-state index < -0.39 is 5.97 Å². The summed E-state index contributed by atoms with van der Waals surface area (Å²) in [5.74, 6) is -0.655. The lowest BCUT2D eigenvalue weighted by molar-refractivity contribution is -0.140. The zero-order valence-corrected chi connectivity index (χ0v) is 11.3. The molecule has 0 aromatic heterocycles. The summed E-state index contributed by atoms with van der Waals surface area (Å²) in [7, 11) is 0. The van der Waals surface area contributed by atoms with Crippen LogP contribution in [0.4, 0.5) is 0 Å². The summed E-state index contributed by atoms with van der Waals surface area (Å²) >= 11 is 0. The first-order chi connectivity index (χ1) is 8.61. The molecule has 2 heteroatoms. The number of rotatable bonds is 3. The van der Waals surface area contributed by atoms with Crippen molar-refractivity contribution >= 4 is 5.97 Å². The Morgan fingerprint density at radius 1 is 1.22 bits per heavy atom.